The van der Waals surface area contributed by atoms with Crippen LogP contribution in [0.2, 0.25) is 0 Å². The third kappa shape index (κ3) is 4.10. The maximum Gasteiger partial charge on any atom is 0.163 e. The summed E-state index contributed by atoms with van der Waals surface area (Å²) in [4.78, 5) is 0. The smallest absolute Gasteiger partial charge is 0.163 e. The van der Waals surface area contributed by atoms with E-state index in [1.165, 1.54) is 0 Å². The summed E-state index contributed by atoms with van der Waals surface area (Å²) < 4.78 is 26.1. The SMILES string of the molecule is CC1(C)OCC(C=N[S@+]([O-])C(C)(C)C)O1. The van der Waals surface area contributed by atoms with Crippen molar-refractivity contribution in [2.75, 3.05) is 6.61 Å². The fourth-order valence-corrected chi connectivity index (χ4v) is 1.63. The zero-order valence-electron chi connectivity index (χ0n) is 9.94. The van der Waals surface area contributed by atoms with Gasteiger partial charge in [0.1, 0.15) is 22.2 Å². The molecule has 0 aromatic heterocycles. The zero-order valence-corrected chi connectivity index (χ0v) is 10.8. The van der Waals surface area contributed by atoms with Crippen LogP contribution in [0.4, 0.5) is 0 Å². The van der Waals surface area contributed by atoms with Crippen LogP contribution in [0, 0.1) is 0 Å². The normalized spacial score (nSPS) is 28.5. The third-order valence-corrected chi connectivity index (χ3v) is 3.24. The lowest BCUT2D eigenvalue weighted by Gasteiger charge is -2.18. The molecule has 0 N–H and O–H groups in total. The molecule has 0 saturated carbocycles. The highest BCUT2D eigenvalue weighted by Crippen LogP contribution is 2.22. The van der Waals surface area contributed by atoms with Gasteiger partial charge in [-0.3, -0.25) is 0 Å². The van der Waals surface area contributed by atoms with Crippen molar-refractivity contribution >= 4 is 17.6 Å². The lowest BCUT2D eigenvalue weighted by Crippen LogP contribution is -2.27. The van der Waals surface area contributed by atoms with Crippen molar-refractivity contribution in [2.24, 2.45) is 4.40 Å². The minimum Gasteiger partial charge on any atom is -0.591 e. The summed E-state index contributed by atoms with van der Waals surface area (Å²) >= 11 is -1.22. The summed E-state index contributed by atoms with van der Waals surface area (Å²) in [5.41, 5.74) is 0. The Morgan fingerprint density at radius 2 is 2.07 bits per heavy atom. The molecule has 0 aromatic rings. The molecule has 1 rings (SSSR count). The molecule has 1 unspecified atom stereocenters. The van der Waals surface area contributed by atoms with Gasteiger partial charge in [-0.25, -0.2) is 0 Å². The Hall–Kier alpha value is -0.100. The van der Waals surface area contributed by atoms with Gasteiger partial charge in [-0.2, -0.15) is 0 Å². The number of ether oxygens (including phenoxy) is 2. The molecule has 0 aromatic carbocycles. The molecule has 1 aliphatic heterocycles. The Morgan fingerprint density at radius 3 is 2.47 bits per heavy atom. The zero-order chi connectivity index (χ0) is 11.7. The first-order valence-corrected chi connectivity index (χ1v) is 6.09. The van der Waals surface area contributed by atoms with Crippen molar-refractivity contribution < 1.29 is 14.0 Å². The van der Waals surface area contributed by atoms with Gasteiger partial charge in [0, 0.05) is 0 Å². The van der Waals surface area contributed by atoms with Gasteiger partial charge in [0.2, 0.25) is 0 Å². The largest absolute Gasteiger partial charge is 0.591 e. The number of hydrogen-bond acceptors (Lipinski definition) is 4. The second kappa shape index (κ2) is 4.41. The molecule has 0 bridgehead atoms. The van der Waals surface area contributed by atoms with E-state index in [0.29, 0.717) is 6.61 Å². The van der Waals surface area contributed by atoms with Gasteiger partial charge in [-0.05, 0) is 34.6 Å². The van der Waals surface area contributed by atoms with E-state index in [2.05, 4.69) is 4.40 Å². The van der Waals surface area contributed by atoms with E-state index in [0.717, 1.165) is 0 Å². The fraction of sp³-hybridized carbons (Fsp3) is 0.900. The minimum absolute atomic E-state index is 0.189. The lowest BCUT2D eigenvalue weighted by molar-refractivity contribution is -0.130. The summed E-state index contributed by atoms with van der Waals surface area (Å²) in [6.45, 7) is 9.82. The molecule has 1 aliphatic rings. The maximum absolute atomic E-state index is 11.6. The molecule has 1 fully saturated rings. The average Bonchev–Trinajstić information content (AvgIpc) is 2.39. The Balaban J connectivity index is 2.46. The van der Waals surface area contributed by atoms with Gasteiger partial charge >= 0.3 is 0 Å². The van der Waals surface area contributed by atoms with Crippen molar-refractivity contribution in [3.63, 3.8) is 0 Å². The molecule has 0 aliphatic carbocycles. The van der Waals surface area contributed by atoms with Crippen molar-refractivity contribution in [3.8, 4) is 0 Å². The average molecular weight is 233 g/mol. The monoisotopic (exact) mass is 233 g/mol. The molecule has 1 saturated heterocycles. The van der Waals surface area contributed by atoms with Crippen molar-refractivity contribution in [2.45, 2.75) is 51.3 Å². The first-order chi connectivity index (χ1) is 6.71. The van der Waals surface area contributed by atoms with E-state index in [9.17, 15) is 4.55 Å². The lowest BCUT2D eigenvalue weighted by atomic mass is 10.3. The molecule has 0 radical (unpaired) electrons. The van der Waals surface area contributed by atoms with Crippen LogP contribution in [-0.4, -0.2) is 34.0 Å². The summed E-state index contributed by atoms with van der Waals surface area (Å²) in [5, 5.41) is 0. The van der Waals surface area contributed by atoms with Gasteiger partial charge in [0.15, 0.2) is 5.79 Å². The highest BCUT2D eigenvalue weighted by Gasteiger charge is 2.33. The Bertz CT molecular complexity index is 248. The first-order valence-electron chi connectivity index (χ1n) is 4.99. The van der Waals surface area contributed by atoms with E-state index >= 15 is 0 Å². The van der Waals surface area contributed by atoms with E-state index in [1.807, 2.05) is 34.6 Å². The van der Waals surface area contributed by atoms with Crippen LogP contribution >= 0.6 is 0 Å². The third-order valence-electron chi connectivity index (χ3n) is 1.88. The molecule has 15 heavy (non-hydrogen) atoms. The van der Waals surface area contributed by atoms with Gasteiger partial charge < -0.3 is 14.0 Å². The first kappa shape index (κ1) is 13.0. The van der Waals surface area contributed by atoms with E-state index in [1.54, 1.807) is 6.21 Å². The molecule has 0 amide bonds. The number of nitrogens with zero attached hydrogens (tertiary/aromatic N) is 1. The Labute approximate surface area is 94.4 Å². The standard InChI is InChI=1S/C10H19NO3S/c1-9(2,3)15(12)11-6-8-7-13-10(4,5)14-8/h6,8H,7H2,1-5H3/t8?,15-/m1/s1. The highest BCUT2D eigenvalue weighted by atomic mass is 32.2. The van der Waals surface area contributed by atoms with Crippen LogP contribution in [-0.2, 0) is 20.8 Å². The Morgan fingerprint density at radius 1 is 1.47 bits per heavy atom. The number of rotatable bonds is 2. The maximum atomic E-state index is 11.6. The van der Waals surface area contributed by atoms with Gasteiger partial charge in [-0.15, -0.1) is 0 Å². The highest BCUT2D eigenvalue weighted by molar-refractivity contribution is 7.91. The van der Waals surface area contributed by atoms with Crippen LogP contribution in [0.5, 0.6) is 0 Å². The molecule has 4 nitrogen and oxygen atoms in total. The van der Waals surface area contributed by atoms with E-state index in [-0.39, 0.29) is 10.9 Å². The molecule has 1 heterocycles. The van der Waals surface area contributed by atoms with Crippen LogP contribution in [0.1, 0.15) is 34.6 Å². The molecular formula is C10H19NO3S. The van der Waals surface area contributed by atoms with Crippen LogP contribution in [0.15, 0.2) is 4.40 Å². The van der Waals surface area contributed by atoms with Gasteiger partial charge in [-0.1, -0.05) is 4.40 Å². The Kier molecular flexibility index (Phi) is 3.81. The van der Waals surface area contributed by atoms with Crippen molar-refractivity contribution in [1.82, 2.24) is 0 Å². The quantitative estimate of drug-likeness (QED) is 0.538. The summed E-state index contributed by atoms with van der Waals surface area (Å²) in [6, 6.07) is 0. The van der Waals surface area contributed by atoms with Crippen LogP contribution in [0.25, 0.3) is 0 Å². The second-order valence-corrected chi connectivity index (χ2v) is 6.92. The summed E-state index contributed by atoms with van der Waals surface area (Å²) in [7, 11) is 0. The summed E-state index contributed by atoms with van der Waals surface area (Å²) in [6.07, 6.45) is 1.39. The van der Waals surface area contributed by atoms with Gasteiger partial charge in [0.05, 0.1) is 12.8 Å². The molecule has 0 spiro atoms. The topological polar surface area (TPSA) is 53.9 Å². The fourth-order valence-electron chi connectivity index (χ4n) is 1.07. The molecule has 2 atom stereocenters. The molecule has 88 valence electrons. The predicted octanol–water partition coefficient (Wildman–Crippen LogP) is 1.67. The molecule has 5 heteroatoms. The summed E-state index contributed by atoms with van der Waals surface area (Å²) in [5.74, 6) is -0.556. The predicted molar refractivity (Wildman–Crippen MR) is 61.3 cm³/mol. The van der Waals surface area contributed by atoms with E-state index in [4.69, 9.17) is 9.47 Å². The number of hydrogen-bond donors (Lipinski definition) is 0. The molecular weight excluding hydrogens is 214 g/mol. The van der Waals surface area contributed by atoms with Crippen molar-refractivity contribution in [1.29, 1.82) is 0 Å². The van der Waals surface area contributed by atoms with E-state index < -0.39 is 17.1 Å². The second-order valence-electron chi connectivity index (χ2n) is 4.98. The van der Waals surface area contributed by atoms with Crippen LogP contribution in [0.3, 0.4) is 0 Å². The van der Waals surface area contributed by atoms with Crippen LogP contribution < -0.4 is 0 Å². The minimum atomic E-state index is -1.22. The van der Waals surface area contributed by atoms with Gasteiger partial charge in [0.25, 0.3) is 0 Å². The van der Waals surface area contributed by atoms with Crippen molar-refractivity contribution in [3.05, 3.63) is 0 Å².